The van der Waals surface area contributed by atoms with Crippen LogP contribution in [-0.4, -0.2) is 29.8 Å². The van der Waals surface area contributed by atoms with Crippen LogP contribution in [0, 0.1) is 5.92 Å². The van der Waals surface area contributed by atoms with E-state index in [4.69, 9.17) is 5.73 Å². The Kier molecular flexibility index (Phi) is 5.73. The number of piperidine rings is 1. The Hall–Kier alpha value is -1.43. The number of hydrogen-bond donors (Lipinski definition) is 3. The van der Waals surface area contributed by atoms with Gasteiger partial charge in [0.1, 0.15) is 6.04 Å². The summed E-state index contributed by atoms with van der Waals surface area (Å²) in [7, 11) is 0. The number of nitrogens with one attached hydrogen (secondary N) is 2. The first kappa shape index (κ1) is 15.9. The molecule has 2 rings (SSSR count). The van der Waals surface area contributed by atoms with E-state index in [-0.39, 0.29) is 18.2 Å². The fourth-order valence-electron chi connectivity index (χ4n) is 3.13. The van der Waals surface area contributed by atoms with E-state index in [1.165, 1.54) is 32.1 Å². The molecule has 0 aromatic rings. The predicted molar refractivity (Wildman–Crippen MR) is 78.1 cm³/mol. The fraction of sp³-hybridized carbons (Fsp3) is 0.800. The molecule has 2 fully saturated rings. The molecule has 1 saturated heterocycles. The molecule has 2 atom stereocenters. The molecule has 6 heteroatoms. The highest BCUT2D eigenvalue weighted by Crippen LogP contribution is 2.27. The first-order valence-corrected chi connectivity index (χ1v) is 7.96. The smallest absolute Gasteiger partial charge is 0.249 e. The molecule has 0 radical (unpaired) electrons. The van der Waals surface area contributed by atoms with Crippen LogP contribution in [0.1, 0.15) is 57.8 Å². The molecule has 0 aromatic carbocycles. The molecule has 1 aliphatic carbocycles. The minimum atomic E-state index is -0.629. The predicted octanol–water partition coefficient (Wildman–Crippen LogP) is 0.596. The van der Waals surface area contributed by atoms with E-state index in [0.29, 0.717) is 18.8 Å². The zero-order chi connectivity index (χ0) is 15.2. The SMILES string of the molecule is N[C@@H](CCC1CCCCC1)C(=O)NC1CCC(=O)NC1=O. The minimum Gasteiger partial charge on any atom is -0.343 e. The van der Waals surface area contributed by atoms with Crippen LogP contribution in [-0.2, 0) is 14.4 Å². The van der Waals surface area contributed by atoms with E-state index < -0.39 is 18.0 Å². The third-order valence-electron chi connectivity index (χ3n) is 4.50. The van der Waals surface area contributed by atoms with Crippen molar-refractivity contribution in [1.82, 2.24) is 10.6 Å². The lowest BCUT2D eigenvalue weighted by Gasteiger charge is -2.25. The van der Waals surface area contributed by atoms with Crippen molar-refractivity contribution in [2.75, 3.05) is 0 Å². The number of carbonyl (C=O) groups is 3. The largest absolute Gasteiger partial charge is 0.343 e. The van der Waals surface area contributed by atoms with E-state index in [0.717, 1.165) is 6.42 Å². The summed E-state index contributed by atoms with van der Waals surface area (Å²) in [6.07, 6.45) is 8.60. The Labute approximate surface area is 125 Å². The number of nitrogens with two attached hydrogens (primary N) is 1. The molecule has 1 unspecified atom stereocenters. The summed E-state index contributed by atoms with van der Waals surface area (Å²) in [4.78, 5) is 34.6. The van der Waals surface area contributed by atoms with E-state index in [1.54, 1.807) is 0 Å². The second-order valence-corrected chi connectivity index (χ2v) is 6.20. The van der Waals surface area contributed by atoms with Gasteiger partial charge in [0.15, 0.2) is 0 Å². The van der Waals surface area contributed by atoms with Crippen molar-refractivity contribution in [2.45, 2.75) is 69.9 Å². The highest BCUT2D eigenvalue weighted by molar-refractivity contribution is 6.01. The van der Waals surface area contributed by atoms with E-state index >= 15 is 0 Å². The molecule has 0 aromatic heterocycles. The molecule has 3 amide bonds. The Morgan fingerprint density at radius 2 is 1.95 bits per heavy atom. The maximum atomic E-state index is 12.0. The van der Waals surface area contributed by atoms with Crippen molar-refractivity contribution >= 4 is 17.7 Å². The summed E-state index contributed by atoms with van der Waals surface area (Å²) in [6.45, 7) is 0. The van der Waals surface area contributed by atoms with Crippen molar-refractivity contribution in [2.24, 2.45) is 11.7 Å². The highest BCUT2D eigenvalue weighted by atomic mass is 16.2. The van der Waals surface area contributed by atoms with Gasteiger partial charge < -0.3 is 11.1 Å². The van der Waals surface area contributed by atoms with Gasteiger partial charge >= 0.3 is 0 Å². The zero-order valence-electron chi connectivity index (χ0n) is 12.4. The van der Waals surface area contributed by atoms with Crippen LogP contribution in [0.5, 0.6) is 0 Å². The summed E-state index contributed by atoms with van der Waals surface area (Å²) in [5.41, 5.74) is 5.91. The van der Waals surface area contributed by atoms with Crippen LogP contribution in [0.3, 0.4) is 0 Å². The van der Waals surface area contributed by atoms with Crippen LogP contribution in [0.2, 0.25) is 0 Å². The highest BCUT2D eigenvalue weighted by Gasteiger charge is 2.29. The van der Waals surface area contributed by atoms with Crippen molar-refractivity contribution < 1.29 is 14.4 Å². The summed E-state index contributed by atoms with van der Waals surface area (Å²) in [5, 5.41) is 4.87. The molecule has 118 valence electrons. The number of amides is 3. The van der Waals surface area contributed by atoms with E-state index in [1.807, 2.05) is 0 Å². The second kappa shape index (κ2) is 7.54. The van der Waals surface area contributed by atoms with E-state index in [9.17, 15) is 14.4 Å². The molecule has 0 bridgehead atoms. The average Bonchev–Trinajstić information content (AvgIpc) is 2.48. The fourth-order valence-corrected chi connectivity index (χ4v) is 3.13. The van der Waals surface area contributed by atoms with Gasteiger partial charge in [-0.2, -0.15) is 0 Å². The lowest BCUT2D eigenvalue weighted by atomic mass is 9.85. The molecule has 4 N–H and O–H groups in total. The molecule has 1 aliphatic heterocycles. The van der Waals surface area contributed by atoms with Crippen LogP contribution >= 0.6 is 0 Å². The van der Waals surface area contributed by atoms with Crippen LogP contribution < -0.4 is 16.4 Å². The first-order valence-electron chi connectivity index (χ1n) is 7.96. The maximum Gasteiger partial charge on any atom is 0.249 e. The van der Waals surface area contributed by atoms with Crippen LogP contribution in [0.4, 0.5) is 0 Å². The summed E-state index contributed by atoms with van der Waals surface area (Å²) in [6, 6.07) is -1.20. The lowest BCUT2D eigenvalue weighted by Crippen LogP contribution is -2.55. The molecule has 0 spiro atoms. The van der Waals surface area contributed by atoms with Gasteiger partial charge in [0.25, 0.3) is 0 Å². The molecule has 1 saturated carbocycles. The number of hydrogen-bond acceptors (Lipinski definition) is 4. The van der Waals surface area contributed by atoms with Crippen molar-refractivity contribution in [3.8, 4) is 0 Å². The summed E-state index contributed by atoms with van der Waals surface area (Å²) >= 11 is 0. The zero-order valence-corrected chi connectivity index (χ0v) is 12.4. The van der Waals surface area contributed by atoms with Crippen LogP contribution in [0.25, 0.3) is 0 Å². The molecule has 1 heterocycles. The normalized spacial score (nSPS) is 25.3. The van der Waals surface area contributed by atoms with Crippen molar-refractivity contribution in [3.05, 3.63) is 0 Å². The molecule has 21 heavy (non-hydrogen) atoms. The maximum absolute atomic E-state index is 12.0. The Bertz CT molecular complexity index is 405. The molecule has 6 nitrogen and oxygen atoms in total. The Morgan fingerprint density at radius 1 is 1.24 bits per heavy atom. The monoisotopic (exact) mass is 295 g/mol. The number of imide groups is 1. The Balaban J connectivity index is 1.71. The lowest BCUT2D eigenvalue weighted by molar-refractivity contribution is -0.137. The minimum absolute atomic E-state index is 0.258. The van der Waals surface area contributed by atoms with Crippen molar-refractivity contribution in [3.63, 3.8) is 0 Å². The van der Waals surface area contributed by atoms with Gasteiger partial charge in [0.2, 0.25) is 17.7 Å². The van der Waals surface area contributed by atoms with Crippen LogP contribution in [0.15, 0.2) is 0 Å². The number of rotatable bonds is 5. The van der Waals surface area contributed by atoms with Gasteiger partial charge in [0, 0.05) is 6.42 Å². The molecular formula is C15H25N3O3. The molecular weight excluding hydrogens is 270 g/mol. The van der Waals surface area contributed by atoms with Gasteiger partial charge in [-0.3, -0.25) is 19.7 Å². The van der Waals surface area contributed by atoms with Crippen molar-refractivity contribution in [1.29, 1.82) is 0 Å². The van der Waals surface area contributed by atoms with Gasteiger partial charge in [0.05, 0.1) is 6.04 Å². The van der Waals surface area contributed by atoms with Gasteiger partial charge in [-0.1, -0.05) is 32.1 Å². The standard InChI is InChI=1S/C15H25N3O3/c16-11(7-6-10-4-2-1-3-5-10)14(20)17-12-8-9-13(19)18-15(12)21/h10-12H,1-9,16H2,(H,17,20)(H,18,19,21)/t11-,12?/m0/s1. The Morgan fingerprint density at radius 3 is 2.62 bits per heavy atom. The van der Waals surface area contributed by atoms with Gasteiger partial charge in [-0.05, 0) is 25.2 Å². The second-order valence-electron chi connectivity index (χ2n) is 6.20. The third-order valence-corrected chi connectivity index (χ3v) is 4.50. The topological polar surface area (TPSA) is 101 Å². The summed E-state index contributed by atoms with van der Waals surface area (Å²) < 4.78 is 0. The van der Waals surface area contributed by atoms with E-state index in [2.05, 4.69) is 10.6 Å². The van der Waals surface area contributed by atoms with Gasteiger partial charge in [-0.25, -0.2) is 0 Å². The first-order chi connectivity index (χ1) is 10.1. The number of carbonyl (C=O) groups excluding carboxylic acids is 3. The third kappa shape index (κ3) is 4.81. The molecule has 2 aliphatic rings. The summed E-state index contributed by atoms with van der Waals surface area (Å²) in [5.74, 6) is -0.320. The van der Waals surface area contributed by atoms with Gasteiger partial charge in [-0.15, -0.1) is 0 Å². The average molecular weight is 295 g/mol. The quantitative estimate of drug-likeness (QED) is 0.646.